The molecule has 0 fully saturated rings. The van der Waals surface area contributed by atoms with Crippen molar-refractivity contribution < 1.29 is 19.7 Å². The lowest BCUT2D eigenvalue weighted by molar-refractivity contribution is 0.0447. The summed E-state index contributed by atoms with van der Waals surface area (Å²) >= 11 is 0. The van der Waals surface area contributed by atoms with Crippen LogP contribution in [0, 0.1) is 0 Å². The van der Waals surface area contributed by atoms with Crippen molar-refractivity contribution in [2.75, 3.05) is 19.8 Å². The van der Waals surface area contributed by atoms with Gasteiger partial charge in [0.25, 0.3) is 0 Å². The Morgan fingerprint density at radius 1 is 1.54 bits per heavy atom. The topological polar surface area (TPSA) is 78.8 Å². The van der Waals surface area contributed by atoms with Crippen molar-refractivity contribution >= 4 is 6.09 Å². The van der Waals surface area contributed by atoms with Gasteiger partial charge in [-0.05, 0) is 19.8 Å². The van der Waals surface area contributed by atoms with Gasteiger partial charge >= 0.3 is 6.09 Å². The lowest BCUT2D eigenvalue weighted by atomic mass is 10.3. The molecule has 0 aromatic rings. The second-order valence-corrected chi connectivity index (χ2v) is 2.86. The third kappa shape index (κ3) is 11.2. The van der Waals surface area contributed by atoms with E-state index in [1.807, 2.05) is 0 Å². The number of ether oxygens (including phenoxy) is 1. The predicted octanol–water partition coefficient (Wildman–Crippen LogP) is 0.432. The van der Waals surface area contributed by atoms with Gasteiger partial charge in [-0.1, -0.05) is 0 Å². The first-order valence-corrected chi connectivity index (χ1v) is 4.35. The Hall–Kier alpha value is -0.810. The number of hydrogen-bond acceptors (Lipinski definition) is 3. The van der Waals surface area contributed by atoms with Crippen LogP contribution in [0.5, 0.6) is 0 Å². The van der Waals surface area contributed by atoms with Gasteiger partial charge in [-0.3, -0.25) is 0 Å². The van der Waals surface area contributed by atoms with Crippen LogP contribution >= 0.6 is 0 Å². The van der Waals surface area contributed by atoms with E-state index in [0.29, 0.717) is 19.8 Å². The van der Waals surface area contributed by atoms with E-state index in [9.17, 15) is 4.79 Å². The Bertz CT molecular complexity index is 138. The molecule has 0 aliphatic heterocycles. The molecular formula is C8H17NO4. The number of carbonyl (C=O) groups is 1. The molecule has 3 N–H and O–H groups in total. The molecule has 0 saturated heterocycles. The molecule has 0 aromatic carbocycles. The molecular weight excluding hydrogens is 174 g/mol. The highest BCUT2D eigenvalue weighted by atomic mass is 16.5. The molecule has 13 heavy (non-hydrogen) atoms. The average molecular weight is 191 g/mol. The Kier molecular flexibility index (Phi) is 7.33. The van der Waals surface area contributed by atoms with Gasteiger partial charge in [-0.15, -0.1) is 0 Å². The lowest BCUT2D eigenvalue weighted by Crippen LogP contribution is -2.22. The van der Waals surface area contributed by atoms with Gasteiger partial charge in [0, 0.05) is 13.2 Å². The fourth-order valence-corrected chi connectivity index (χ4v) is 0.778. The summed E-state index contributed by atoms with van der Waals surface area (Å²) in [4.78, 5) is 10.0. The lowest BCUT2D eigenvalue weighted by Gasteiger charge is -2.05. The van der Waals surface area contributed by atoms with Crippen molar-refractivity contribution in [1.82, 2.24) is 5.32 Å². The van der Waals surface area contributed by atoms with E-state index in [4.69, 9.17) is 14.9 Å². The highest BCUT2D eigenvalue weighted by Gasteiger charge is 1.96. The van der Waals surface area contributed by atoms with Gasteiger partial charge in [0.2, 0.25) is 0 Å². The van der Waals surface area contributed by atoms with Crippen molar-refractivity contribution in [2.24, 2.45) is 0 Å². The van der Waals surface area contributed by atoms with Gasteiger partial charge in [-0.2, -0.15) is 0 Å². The monoisotopic (exact) mass is 191 g/mol. The van der Waals surface area contributed by atoms with Crippen LogP contribution in [0.1, 0.15) is 19.8 Å². The molecule has 0 saturated carbocycles. The summed E-state index contributed by atoms with van der Waals surface area (Å²) in [5.41, 5.74) is 0. The maximum Gasteiger partial charge on any atom is 0.404 e. The van der Waals surface area contributed by atoms with Crippen LogP contribution in [0.2, 0.25) is 0 Å². The van der Waals surface area contributed by atoms with Gasteiger partial charge < -0.3 is 20.3 Å². The maximum atomic E-state index is 10.0. The minimum absolute atomic E-state index is 0.340. The molecule has 0 heterocycles. The first-order chi connectivity index (χ1) is 6.13. The van der Waals surface area contributed by atoms with Crippen molar-refractivity contribution in [3.63, 3.8) is 0 Å². The van der Waals surface area contributed by atoms with E-state index in [0.717, 1.165) is 12.8 Å². The summed E-state index contributed by atoms with van der Waals surface area (Å²) in [5.74, 6) is 0. The van der Waals surface area contributed by atoms with E-state index in [1.54, 1.807) is 6.92 Å². The van der Waals surface area contributed by atoms with Crippen LogP contribution in [-0.4, -0.2) is 42.2 Å². The zero-order valence-corrected chi connectivity index (χ0v) is 7.82. The standard InChI is InChI=1S/C8H17NO4/c1-7(10)6-13-5-3-2-4-9-8(11)12/h7,9-10H,2-6H2,1H3,(H,11,12). The van der Waals surface area contributed by atoms with E-state index < -0.39 is 12.2 Å². The second-order valence-electron chi connectivity index (χ2n) is 2.86. The number of amides is 1. The fraction of sp³-hybridized carbons (Fsp3) is 0.875. The van der Waals surface area contributed by atoms with Crippen molar-refractivity contribution in [3.8, 4) is 0 Å². The van der Waals surface area contributed by atoms with Gasteiger partial charge in [0.05, 0.1) is 12.7 Å². The number of rotatable bonds is 7. The molecule has 1 amide bonds. The van der Waals surface area contributed by atoms with Crippen molar-refractivity contribution in [3.05, 3.63) is 0 Å². The third-order valence-electron chi connectivity index (χ3n) is 1.35. The van der Waals surface area contributed by atoms with E-state index in [-0.39, 0.29) is 0 Å². The van der Waals surface area contributed by atoms with Crippen LogP contribution in [-0.2, 0) is 4.74 Å². The first-order valence-electron chi connectivity index (χ1n) is 4.35. The Labute approximate surface area is 77.7 Å². The number of nitrogens with one attached hydrogen (secondary N) is 1. The van der Waals surface area contributed by atoms with E-state index in [1.165, 1.54) is 0 Å². The highest BCUT2D eigenvalue weighted by Crippen LogP contribution is 1.90. The van der Waals surface area contributed by atoms with Crippen LogP contribution in [0.25, 0.3) is 0 Å². The Balaban J connectivity index is 2.96. The molecule has 0 rings (SSSR count). The van der Waals surface area contributed by atoms with Crippen LogP contribution in [0.4, 0.5) is 4.79 Å². The Morgan fingerprint density at radius 3 is 2.77 bits per heavy atom. The van der Waals surface area contributed by atoms with Crippen LogP contribution < -0.4 is 5.32 Å². The number of aliphatic hydroxyl groups excluding tert-OH is 1. The normalized spacial score (nSPS) is 12.5. The van der Waals surface area contributed by atoms with Gasteiger partial charge in [0.1, 0.15) is 0 Å². The van der Waals surface area contributed by atoms with Crippen LogP contribution in [0.3, 0.4) is 0 Å². The summed E-state index contributed by atoms with van der Waals surface area (Å²) in [7, 11) is 0. The number of carboxylic acid groups (broad SMARTS) is 1. The molecule has 0 aromatic heterocycles. The van der Waals surface area contributed by atoms with Crippen LogP contribution in [0.15, 0.2) is 0 Å². The second kappa shape index (κ2) is 7.82. The molecule has 0 aliphatic rings. The number of hydrogen-bond donors (Lipinski definition) is 3. The summed E-state index contributed by atoms with van der Waals surface area (Å²) in [6, 6.07) is 0. The Morgan fingerprint density at radius 2 is 2.23 bits per heavy atom. The SMILES string of the molecule is CC(O)COCCCCNC(=O)O. The van der Waals surface area contributed by atoms with Crippen molar-refractivity contribution in [1.29, 1.82) is 0 Å². The van der Waals surface area contributed by atoms with E-state index in [2.05, 4.69) is 5.32 Å². The zero-order chi connectivity index (χ0) is 10.1. The molecule has 1 unspecified atom stereocenters. The van der Waals surface area contributed by atoms with Gasteiger partial charge in [0.15, 0.2) is 0 Å². The first kappa shape index (κ1) is 12.2. The zero-order valence-electron chi connectivity index (χ0n) is 7.82. The summed E-state index contributed by atoms with van der Waals surface area (Å²) in [6.07, 6.45) is 0.126. The molecule has 0 spiro atoms. The molecule has 5 heteroatoms. The minimum Gasteiger partial charge on any atom is -0.465 e. The number of unbranched alkanes of at least 4 members (excludes halogenated alkanes) is 1. The highest BCUT2D eigenvalue weighted by molar-refractivity contribution is 5.64. The quantitative estimate of drug-likeness (QED) is 0.510. The number of aliphatic hydroxyl groups is 1. The van der Waals surface area contributed by atoms with Crippen molar-refractivity contribution in [2.45, 2.75) is 25.9 Å². The van der Waals surface area contributed by atoms with E-state index >= 15 is 0 Å². The average Bonchev–Trinajstić information content (AvgIpc) is 2.01. The maximum absolute atomic E-state index is 10.0. The molecule has 1 atom stereocenters. The molecule has 0 bridgehead atoms. The summed E-state index contributed by atoms with van der Waals surface area (Å²) < 4.78 is 5.08. The summed E-state index contributed by atoms with van der Waals surface area (Å²) in [5, 5.41) is 19.3. The molecule has 0 radical (unpaired) electrons. The smallest absolute Gasteiger partial charge is 0.404 e. The minimum atomic E-state index is -0.995. The predicted molar refractivity (Wildman–Crippen MR) is 47.8 cm³/mol. The largest absolute Gasteiger partial charge is 0.465 e. The molecule has 5 nitrogen and oxygen atoms in total. The third-order valence-corrected chi connectivity index (χ3v) is 1.35. The molecule has 0 aliphatic carbocycles. The fourth-order valence-electron chi connectivity index (χ4n) is 0.778. The molecule has 78 valence electrons. The van der Waals surface area contributed by atoms with Gasteiger partial charge in [-0.25, -0.2) is 4.79 Å². The summed E-state index contributed by atoms with van der Waals surface area (Å²) in [6.45, 7) is 3.01.